The van der Waals surface area contributed by atoms with Crippen LogP contribution < -0.4 is 4.90 Å². The van der Waals surface area contributed by atoms with E-state index in [1.54, 1.807) is 4.90 Å². The maximum atomic E-state index is 13.0. The summed E-state index contributed by atoms with van der Waals surface area (Å²) in [5.74, 6) is 0.216. The minimum atomic E-state index is -3.09. The first kappa shape index (κ1) is 18.1. The Morgan fingerprint density at radius 1 is 1.15 bits per heavy atom. The van der Waals surface area contributed by atoms with Crippen molar-refractivity contribution in [3.05, 3.63) is 54.6 Å². The molecule has 6 nitrogen and oxygen atoms in total. The summed E-state index contributed by atoms with van der Waals surface area (Å²) in [7, 11) is -3.09. The molecule has 0 saturated carbocycles. The molecule has 0 radical (unpaired) electrons. The molecular weight excluding hydrogens is 382 g/mol. The lowest BCUT2D eigenvalue weighted by atomic mass is 10.2. The van der Waals surface area contributed by atoms with Crippen molar-refractivity contribution in [1.82, 2.24) is 9.97 Å². The van der Waals surface area contributed by atoms with Crippen molar-refractivity contribution in [2.75, 3.05) is 22.2 Å². The number of benzene rings is 2. The van der Waals surface area contributed by atoms with E-state index in [-0.39, 0.29) is 29.2 Å². The van der Waals surface area contributed by atoms with Crippen molar-refractivity contribution in [2.45, 2.75) is 17.6 Å². The molecule has 2 heterocycles. The minimum Gasteiger partial charge on any atom is -0.333 e. The number of carbonyl (C=O) groups excluding carboxylic acids is 1. The van der Waals surface area contributed by atoms with E-state index in [0.717, 1.165) is 16.7 Å². The van der Waals surface area contributed by atoms with Gasteiger partial charge in [0.15, 0.2) is 15.0 Å². The van der Waals surface area contributed by atoms with Crippen LogP contribution in [0.3, 0.4) is 0 Å². The summed E-state index contributed by atoms with van der Waals surface area (Å²) >= 11 is 1.33. The summed E-state index contributed by atoms with van der Waals surface area (Å²) in [6.07, 6.45) is 0.471. The molecule has 1 unspecified atom stereocenters. The Morgan fingerprint density at radius 3 is 2.59 bits per heavy atom. The molecule has 1 atom stereocenters. The van der Waals surface area contributed by atoms with E-state index in [1.807, 2.05) is 54.6 Å². The Bertz CT molecular complexity index is 1030. The van der Waals surface area contributed by atoms with E-state index in [2.05, 4.69) is 9.97 Å². The van der Waals surface area contributed by atoms with Crippen molar-refractivity contribution < 1.29 is 13.2 Å². The molecule has 1 aromatic heterocycles. The minimum absolute atomic E-state index is 0.0168. The summed E-state index contributed by atoms with van der Waals surface area (Å²) in [5, 5.41) is 0.677. The van der Waals surface area contributed by atoms with Gasteiger partial charge in [0.1, 0.15) is 0 Å². The highest BCUT2D eigenvalue weighted by molar-refractivity contribution is 7.99. The van der Waals surface area contributed by atoms with Gasteiger partial charge in [-0.15, -0.1) is 0 Å². The Kier molecular flexibility index (Phi) is 4.92. The number of H-pyrrole nitrogens is 1. The zero-order valence-electron chi connectivity index (χ0n) is 14.5. The number of imidazole rings is 1. The fraction of sp³-hybridized carbons (Fsp3) is 0.263. The van der Waals surface area contributed by atoms with Crippen LogP contribution in [0.4, 0.5) is 5.69 Å². The van der Waals surface area contributed by atoms with Gasteiger partial charge in [-0.05, 0) is 30.7 Å². The zero-order valence-corrected chi connectivity index (χ0v) is 16.2. The quantitative estimate of drug-likeness (QED) is 0.665. The van der Waals surface area contributed by atoms with Gasteiger partial charge in [-0.25, -0.2) is 13.4 Å². The largest absolute Gasteiger partial charge is 0.333 e. The highest BCUT2D eigenvalue weighted by Gasteiger charge is 2.35. The van der Waals surface area contributed by atoms with Crippen molar-refractivity contribution in [3.8, 4) is 0 Å². The molecule has 0 bridgehead atoms. The first-order valence-electron chi connectivity index (χ1n) is 8.67. The Labute approximate surface area is 161 Å². The standard InChI is InChI=1S/C19H19N3O3S2/c23-18(12-26-19-20-16-8-4-5-9-17(16)21-19)22(14-6-2-1-3-7-14)15-10-11-27(24,25)13-15/h1-9,15H,10-13H2,(H,20,21). The lowest BCUT2D eigenvalue weighted by Crippen LogP contribution is -2.42. The molecule has 0 aliphatic carbocycles. The van der Waals surface area contributed by atoms with Gasteiger partial charge in [-0.2, -0.15) is 0 Å². The van der Waals surface area contributed by atoms with Crippen molar-refractivity contribution in [2.24, 2.45) is 0 Å². The average molecular weight is 402 g/mol. The van der Waals surface area contributed by atoms with E-state index in [0.29, 0.717) is 11.6 Å². The third-order valence-corrected chi connectivity index (χ3v) is 7.19. The van der Waals surface area contributed by atoms with Crippen LogP contribution in [0.15, 0.2) is 59.8 Å². The molecule has 3 aromatic rings. The third kappa shape index (κ3) is 4.01. The molecule has 140 valence electrons. The number of hydrogen-bond acceptors (Lipinski definition) is 5. The molecule has 1 amide bonds. The zero-order chi connectivity index (χ0) is 18.9. The van der Waals surface area contributed by atoms with Crippen LogP contribution >= 0.6 is 11.8 Å². The van der Waals surface area contributed by atoms with Crippen LogP contribution in [-0.4, -0.2) is 47.6 Å². The Balaban J connectivity index is 1.53. The normalized spacial score (nSPS) is 18.6. The number of sulfone groups is 1. The predicted molar refractivity (Wildman–Crippen MR) is 108 cm³/mol. The highest BCUT2D eigenvalue weighted by Crippen LogP contribution is 2.27. The number of thioether (sulfide) groups is 1. The van der Waals surface area contributed by atoms with Crippen LogP contribution in [0, 0.1) is 0 Å². The van der Waals surface area contributed by atoms with E-state index in [4.69, 9.17) is 0 Å². The van der Waals surface area contributed by atoms with Gasteiger partial charge in [0.05, 0.1) is 34.3 Å². The van der Waals surface area contributed by atoms with Crippen molar-refractivity contribution >= 4 is 44.2 Å². The molecule has 1 aliphatic heterocycles. The number of anilines is 1. The Hall–Kier alpha value is -2.32. The van der Waals surface area contributed by atoms with Crippen LogP contribution in [0.25, 0.3) is 11.0 Å². The number of carbonyl (C=O) groups is 1. The van der Waals surface area contributed by atoms with E-state index >= 15 is 0 Å². The molecular formula is C19H19N3O3S2. The number of hydrogen-bond donors (Lipinski definition) is 1. The lowest BCUT2D eigenvalue weighted by molar-refractivity contribution is -0.116. The molecule has 2 aromatic carbocycles. The van der Waals surface area contributed by atoms with Gasteiger partial charge in [0.2, 0.25) is 5.91 Å². The molecule has 1 fully saturated rings. The molecule has 1 aliphatic rings. The van der Waals surface area contributed by atoms with Gasteiger partial charge in [-0.3, -0.25) is 4.79 Å². The number of para-hydroxylation sites is 3. The SMILES string of the molecule is O=C(CSc1nc2ccccc2[nH]1)N(c1ccccc1)C1CCS(=O)(=O)C1. The fourth-order valence-corrected chi connectivity index (χ4v) is 5.77. The molecule has 27 heavy (non-hydrogen) atoms. The van der Waals surface area contributed by atoms with Crippen LogP contribution in [0.2, 0.25) is 0 Å². The van der Waals surface area contributed by atoms with Gasteiger partial charge in [-0.1, -0.05) is 42.1 Å². The van der Waals surface area contributed by atoms with Gasteiger partial charge >= 0.3 is 0 Å². The van der Waals surface area contributed by atoms with Crippen LogP contribution in [0.5, 0.6) is 0 Å². The highest BCUT2D eigenvalue weighted by atomic mass is 32.2. The smallest absolute Gasteiger partial charge is 0.237 e. The van der Waals surface area contributed by atoms with E-state index in [1.165, 1.54) is 11.8 Å². The summed E-state index contributed by atoms with van der Waals surface area (Å²) in [5.41, 5.74) is 2.51. The molecule has 1 saturated heterocycles. The lowest BCUT2D eigenvalue weighted by Gasteiger charge is -2.28. The van der Waals surface area contributed by atoms with Crippen LogP contribution in [-0.2, 0) is 14.6 Å². The monoisotopic (exact) mass is 401 g/mol. The van der Waals surface area contributed by atoms with Gasteiger partial charge < -0.3 is 9.88 Å². The number of aromatic nitrogens is 2. The van der Waals surface area contributed by atoms with Gasteiger partial charge in [0.25, 0.3) is 0 Å². The molecule has 1 N–H and O–H groups in total. The van der Waals surface area contributed by atoms with Crippen molar-refractivity contribution in [1.29, 1.82) is 0 Å². The molecule has 4 rings (SSSR count). The number of amides is 1. The summed E-state index contributed by atoms with van der Waals surface area (Å²) in [4.78, 5) is 22.3. The molecule has 0 spiro atoms. The average Bonchev–Trinajstić information content (AvgIpc) is 3.23. The second-order valence-electron chi connectivity index (χ2n) is 6.50. The number of nitrogens with zero attached hydrogens (tertiary/aromatic N) is 2. The van der Waals surface area contributed by atoms with Crippen molar-refractivity contribution in [3.63, 3.8) is 0 Å². The summed E-state index contributed by atoms with van der Waals surface area (Å²) < 4.78 is 23.8. The fourth-order valence-electron chi connectivity index (χ4n) is 3.32. The number of nitrogens with one attached hydrogen (secondary N) is 1. The number of aromatic amines is 1. The predicted octanol–water partition coefficient (Wildman–Crippen LogP) is 2.88. The number of fused-ring (bicyclic) bond motifs is 1. The van der Waals surface area contributed by atoms with E-state index in [9.17, 15) is 13.2 Å². The second-order valence-corrected chi connectivity index (χ2v) is 9.70. The van der Waals surface area contributed by atoms with Crippen LogP contribution in [0.1, 0.15) is 6.42 Å². The second kappa shape index (κ2) is 7.36. The Morgan fingerprint density at radius 2 is 1.89 bits per heavy atom. The maximum Gasteiger partial charge on any atom is 0.237 e. The summed E-state index contributed by atoms with van der Waals surface area (Å²) in [6.45, 7) is 0. The van der Waals surface area contributed by atoms with Gasteiger partial charge in [0, 0.05) is 5.69 Å². The van der Waals surface area contributed by atoms with E-state index < -0.39 is 9.84 Å². The third-order valence-electron chi connectivity index (χ3n) is 4.58. The first-order valence-corrected chi connectivity index (χ1v) is 11.5. The molecule has 8 heteroatoms. The summed E-state index contributed by atoms with van der Waals surface area (Å²) in [6, 6.07) is 16.6. The topological polar surface area (TPSA) is 83.1 Å². The number of rotatable bonds is 5. The maximum absolute atomic E-state index is 13.0. The first-order chi connectivity index (χ1) is 13.0.